The molecule has 0 unspecified atom stereocenters. The van der Waals surface area contributed by atoms with E-state index in [4.69, 9.17) is 11.6 Å². The Morgan fingerprint density at radius 3 is 2.55 bits per heavy atom. The molecular formula is C16H26ClN3. The summed E-state index contributed by atoms with van der Waals surface area (Å²) in [4.78, 5) is 4.78. The van der Waals surface area contributed by atoms with Crippen molar-refractivity contribution in [3.8, 4) is 0 Å². The Morgan fingerprint density at radius 2 is 2.00 bits per heavy atom. The summed E-state index contributed by atoms with van der Waals surface area (Å²) in [5.74, 6) is 0. The topological polar surface area (TPSA) is 18.5 Å². The number of nitrogens with one attached hydrogen (secondary N) is 1. The third kappa shape index (κ3) is 3.87. The lowest BCUT2D eigenvalue weighted by molar-refractivity contribution is 0.249. The first-order chi connectivity index (χ1) is 9.61. The number of hydrogen-bond donors (Lipinski definition) is 1. The number of rotatable bonds is 5. The van der Waals surface area contributed by atoms with Gasteiger partial charge in [0.1, 0.15) is 0 Å². The van der Waals surface area contributed by atoms with Crippen LogP contribution in [-0.4, -0.2) is 44.7 Å². The van der Waals surface area contributed by atoms with Gasteiger partial charge in [-0.3, -0.25) is 0 Å². The van der Waals surface area contributed by atoms with Gasteiger partial charge in [-0.15, -0.1) is 0 Å². The predicted octanol–water partition coefficient (Wildman–Crippen LogP) is 2.98. The predicted molar refractivity (Wildman–Crippen MR) is 87.8 cm³/mol. The van der Waals surface area contributed by atoms with Gasteiger partial charge in [0.15, 0.2) is 0 Å². The molecular weight excluding hydrogens is 270 g/mol. The Bertz CT molecular complexity index is 426. The van der Waals surface area contributed by atoms with Gasteiger partial charge in [-0.25, -0.2) is 0 Å². The van der Waals surface area contributed by atoms with Gasteiger partial charge in [-0.1, -0.05) is 24.6 Å². The Morgan fingerprint density at radius 1 is 1.30 bits per heavy atom. The molecule has 1 aromatic rings. The van der Waals surface area contributed by atoms with E-state index in [0.717, 1.165) is 37.2 Å². The monoisotopic (exact) mass is 295 g/mol. The van der Waals surface area contributed by atoms with Crippen LogP contribution in [0.5, 0.6) is 0 Å². The van der Waals surface area contributed by atoms with Crippen molar-refractivity contribution in [2.24, 2.45) is 0 Å². The fourth-order valence-electron chi connectivity index (χ4n) is 2.78. The summed E-state index contributed by atoms with van der Waals surface area (Å²) in [5, 5.41) is 4.19. The van der Waals surface area contributed by atoms with E-state index in [2.05, 4.69) is 54.3 Å². The van der Waals surface area contributed by atoms with Gasteiger partial charge in [-0.2, -0.15) is 0 Å². The lowest BCUT2D eigenvalue weighted by Crippen LogP contribution is -2.42. The van der Waals surface area contributed by atoms with Crippen LogP contribution in [0.4, 0.5) is 5.69 Å². The van der Waals surface area contributed by atoms with Gasteiger partial charge >= 0.3 is 0 Å². The SMILES string of the molecule is CCNCc1ccc(N2CCC(N(C)C)CC2)cc1Cl. The zero-order valence-electron chi connectivity index (χ0n) is 12.8. The maximum absolute atomic E-state index is 6.39. The molecule has 20 heavy (non-hydrogen) atoms. The molecule has 2 rings (SSSR count). The first kappa shape index (κ1) is 15.6. The van der Waals surface area contributed by atoms with Crippen LogP contribution in [0.25, 0.3) is 0 Å². The second-order valence-electron chi connectivity index (χ2n) is 5.74. The van der Waals surface area contributed by atoms with Gasteiger partial charge < -0.3 is 15.1 Å². The first-order valence-electron chi connectivity index (χ1n) is 7.52. The highest BCUT2D eigenvalue weighted by Gasteiger charge is 2.21. The average molecular weight is 296 g/mol. The van der Waals surface area contributed by atoms with Crippen molar-refractivity contribution in [3.05, 3.63) is 28.8 Å². The molecule has 0 bridgehead atoms. The lowest BCUT2D eigenvalue weighted by Gasteiger charge is -2.36. The van der Waals surface area contributed by atoms with Crippen LogP contribution in [-0.2, 0) is 6.54 Å². The molecule has 1 heterocycles. The molecule has 0 amide bonds. The molecule has 1 aromatic carbocycles. The largest absolute Gasteiger partial charge is 0.371 e. The molecule has 0 aromatic heterocycles. The normalized spacial score (nSPS) is 16.9. The number of benzene rings is 1. The van der Waals surface area contributed by atoms with Gasteiger partial charge in [0.2, 0.25) is 0 Å². The van der Waals surface area contributed by atoms with Crippen LogP contribution in [0.2, 0.25) is 5.02 Å². The zero-order valence-corrected chi connectivity index (χ0v) is 13.6. The Kier molecular flexibility index (Phi) is 5.70. The van der Waals surface area contributed by atoms with Gasteiger partial charge in [0, 0.05) is 36.4 Å². The summed E-state index contributed by atoms with van der Waals surface area (Å²) in [6.45, 7) is 6.16. The van der Waals surface area contributed by atoms with E-state index in [1.165, 1.54) is 24.1 Å². The van der Waals surface area contributed by atoms with E-state index in [0.29, 0.717) is 0 Å². The van der Waals surface area contributed by atoms with Crippen molar-refractivity contribution in [2.75, 3.05) is 38.6 Å². The van der Waals surface area contributed by atoms with E-state index in [-0.39, 0.29) is 0 Å². The van der Waals surface area contributed by atoms with E-state index < -0.39 is 0 Å². The highest BCUT2D eigenvalue weighted by molar-refractivity contribution is 6.31. The smallest absolute Gasteiger partial charge is 0.0471 e. The number of anilines is 1. The molecule has 0 aliphatic carbocycles. The summed E-state index contributed by atoms with van der Waals surface area (Å²) >= 11 is 6.39. The minimum absolute atomic E-state index is 0.717. The van der Waals surface area contributed by atoms with Crippen LogP contribution in [0.3, 0.4) is 0 Å². The van der Waals surface area contributed by atoms with Gasteiger partial charge in [0.05, 0.1) is 0 Å². The molecule has 1 aliphatic rings. The molecule has 1 fully saturated rings. The summed E-state index contributed by atoms with van der Waals surface area (Å²) < 4.78 is 0. The van der Waals surface area contributed by atoms with E-state index >= 15 is 0 Å². The van der Waals surface area contributed by atoms with Crippen molar-refractivity contribution in [2.45, 2.75) is 32.4 Å². The maximum atomic E-state index is 6.39. The van der Waals surface area contributed by atoms with Gasteiger partial charge in [0.25, 0.3) is 0 Å². The molecule has 3 nitrogen and oxygen atoms in total. The van der Waals surface area contributed by atoms with Crippen molar-refractivity contribution in [1.29, 1.82) is 0 Å². The number of halogens is 1. The second kappa shape index (κ2) is 7.30. The lowest BCUT2D eigenvalue weighted by atomic mass is 10.0. The highest BCUT2D eigenvalue weighted by Crippen LogP contribution is 2.26. The van der Waals surface area contributed by atoms with E-state index in [1.807, 2.05) is 0 Å². The third-order valence-corrected chi connectivity index (χ3v) is 4.51. The molecule has 4 heteroatoms. The molecule has 0 radical (unpaired) electrons. The summed E-state index contributed by atoms with van der Waals surface area (Å²) in [6, 6.07) is 7.19. The fourth-order valence-corrected chi connectivity index (χ4v) is 3.02. The Hall–Kier alpha value is -0.770. The van der Waals surface area contributed by atoms with Crippen molar-refractivity contribution >= 4 is 17.3 Å². The van der Waals surface area contributed by atoms with Crippen LogP contribution in [0, 0.1) is 0 Å². The molecule has 112 valence electrons. The molecule has 0 atom stereocenters. The van der Waals surface area contributed by atoms with Crippen molar-refractivity contribution in [1.82, 2.24) is 10.2 Å². The Labute approximate surface area is 127 Å². The summed E-state index contributed by atoms with van der Waals surface area (Å²) in [7, 11) is 4.35. The van der Waals surface area contributed by atoms with E-state index in [9.17, 15) is 0 Å². The van der Waals surface area contributed by atoms with Crippen molar-refractivity contribution < 1.29 is 0 Å². The number of piperidine rings is 1. The summed E-state index contributed by atoms with van der Waals surface area (Å²) in [5.41, 5.74) is 2.44. The van der Waals surface area contributed by atoms with Gasteiger partial charge in [-0.05, 0) is 51.2 Å². The summed E-state index contributed by atoms with van der Waals surface area (Å²) in [6.07, 6.45) is 2.45. The first-order valence-corrected chi connectivity index (χ1v) is 7.90. The maximum Gasteiger partial charge on any atom is 0.0471 e. The third-order valence-electron chi connectivity index (χ3n) is 4.16. The molecule has 1 N–H and O–H groups in total. The van der Waals surface area contributed by atoms with E-state index in [1.54, 1.807) is 0 Å². The van der Waals surface area contributed by atoms with Crippen LogP contribution < -0.4 is 10.2 Å². The second-order valence-corrected chi connectivity index (χ2v) is 6.15. The molecule has 0 saturated carbocycles. The number of hydrogen-bond acceptors (Lipinski definition) is 3. The van der Waals surface area contributed by atoms with Crippen LogP contribution in [0.15, 0.2) is 18.2 Å². The zero-order chi connectivity index (χ0) is 14.5. The number of nitrogens with zero attached hydrogens (tertiary/aromatic N) is 2. The fraction of sp³-hybridized carbons (Fsp3) is 0.625. The standard InChI is InChI=1S/C16H26ClN3/c1-4-18-12-13-5-6-15(11-16(13)17)20-9-7-14(8-10-20)19(2)3/h5-6,11,14,18H,4,7-10,12H2,1-3H3. The quantitative estimate of drug-likeness (QED) is 0.901. The minimum Gasteiger partial charge on any atom is -0.371 e. The molecule has 1 saturated heterocycles. The average Bonchev–Trinajstić information content (AvgIpc) is 2.46. The van der Waals surface area contributed by atoms with Crippen LogP contribution in [0.1, 0.15) is 25.3 Å². The Balaban J connectivity index is 1.98. The minimum atomic E-state index is 0.717. The molecule has 1 aliphatic heterocycles. The van der Waals surface area contributed by atoms with Crippen molar-refractivity contribution in [3.63, 3.8) is 0 Å². The molecule has 0 spiro atoms. The van der Waals surface area contributed by atoms with Crippen LogP contribution >= 0.6 is 11.6 Å². The highest BCUT2D eigenvalue weighted by atomic mass is 35.5.